The Morgan fingerprint density at radius 3 is 2.00 bits per heavy atom. The summed E-state index contributed by atoms with van der Waals surface area (Å²) in [6, 6.07) is 32.4. The Morgan fingerprint density at radius 2 is 1.39 bits per heavy atom. The minimum absolute atomic E-state index is 0.178. The molecule has 4 aromatic carbocycles. The van der Waals surface area contributed by atoms with Crippen LogP contribution in [0.25, 0.3) is 0 Å². The number of phenolic OH excluding ortho intramolecular Hbond substituents is 1. The lowest BCUT2D eigenvalue weighted by molar-refractivity contribution is 0.432. The summed E-state index contributed by atoms with van der Waals surface area (Å²) in [4.78, 5) is 5.63. The fourth-order valence-electron chi connectivity index (χ4n) is 6.10. The number of nitrogens with zero attached hydrogens (tertiary/aromatic N) is 1. The molecule has 1 N–H and O–H groups in total. The van der Waals surface area contributed by atoms with Gasteiger partial charge in [0.2, 0.25) is 0 Å². The summed E-state index contributed by atoms with van der Waals surface area (Å²) < 4.78 is 0. The van der Waals surface area contributed by atoms with Gasteiger partial charge in [0, 0.05) is 5.56 Å². The maximum Gasteiger partial charge on any atom is 0.123 e. The van der Waals surface area contributed by atoms with Gasteiger partial charge < -0.3 is 5.11 Å². The molecule has 194 valence electrons. The molecule has 1 saturated heterocycles. The Morgan fingerprint density at radius 1 is 0.789 bits per heavy atom. The fourth-order valence-corrected chi connectivity index (χ4v) is 8.95. The second-order valence-electron chi connectivity index (χ2n) is 11.6. The van der Waals surface area contributed by atoms with Gasteiger partial charge in [-0.1, -0.05) is 117 Å². The molecule has 2 unspecified atom stereocenters. The highest BCUT2D eigenvalue weighted by molar-refractivity contribution is 7.82. The molecule has 1 fully saturated rings. The fraction of sp³-hybridized carbons (Fsp3) is 0.286. The molecule has 1 heterocycles. The average molecular weight is 520 g/mol. The zero-order valence-electron chi connectivity index (χ0n) is 23.4. The van der Waals surface area contributed by atoms with Crippen LogP contribution in [0.15, 0.2) is 96.0 Å². The van der Waals surface area contributed by atoms with Gasteiger partial charge in [-0.15, -0.1) is 0 Å². The summed E-state index contributed by atoms with van der Waals surface area (Å²) in [6.45, 7) is 13.0. The SMILES string of the molecule is Cc1cc(C)c(N=C2P(c3ccccc3)CCC2(c2ccccc2)c2cccc(C(C)(C)C)c2O)c(C)c1. The highest BCUT2D eigenvalue weighted by Gasteiger charge is 2.50. The van der Waals surface area contributed by atoms with Gasteiger partial charge in [0.05, 0.1) is 16.6 Å². The zero-order valence-corrected chi connectivity index (χ0v) is 24.3. The van der Waals surface area contributed by atoms with Gasteiger partial charge in [-0.25, -0.2) is 0 Å². The van der Waals surface area contributed by atoms with Crippen molar-refractivity contribution in [3.63, 3.8) is 0 Å². The Kier molecular flexibility index (Phi) is 7.05. The minimum Gasteiger partial charge on any atom is -0.507 e. The molecule has 38 heavy (non-hydrogen) atoms. The molecule has 0 aliphatic carbocycles. The molecule has 0 saturated carbocycles. The van der Waals surface area contributed by atoms with Crippen LogP contribution in [-0.2, 0) is 10.8 Å². The molecule has 0 spiro atoms. The highest BCUT2D eigenvalue weighted by atomic mass is 31.1. The minimum atomic E-state index is -0.706. The van der Waals surface area contributed by atoms with Crippen LogP contribution in [0, 0.1) is 20.8 Å². The third kappa shape index (κ3) is 4.61. The number of aromatic hydroxyl groups is 1. The first kappa shape index (κ1) is 26.4. The van der Waals surface area contributed by atoms with Crippen LogP contribution in [-0.4, -0.2) is 16.7 Å². The molecule has 0 radical (unpaired) electrons. The maximum absolute atomic E-state index is 11.9. The topological polar surface area (TPSA) is 32.6 Å². The molecule has 2 atom stereocenters. The maximum atomic E-state index is 11.9. The van der Waals surface area contributed by atoms with Crippen LogP contribution in [0.3, 0.4) is 0 Å². The van der Waals surface area contributed by atoms with Crippen molar-refractivity contribution in [3.05, 3.63) is 124 Å². The van der Waals surface area contributed by atoms with Crippen molar-refractivity contribution in [1.29, 1.82) is 0 Å². The van der Waals surface area contributed by atoms with Crippen molar-refractivity contribution < 1.29 is 5.11 Å². The van der Waals surface area contributed by atoms with E-state index in [1.807, 2.05) is 0 Å². The van der Waals surface area contributed by atoms with Crippen molar-refractivity contribution >= 4 is 24.4 Å². The molecule has 1 aliphatic heterocycles. The molecule has 1 aliphatic rings. The predicted octanol–water partition coefficient (Wildman–Crippen LogP) is 8.84. The van der Waals surface area contributed by atoms with Gasteiger partial charge in [0.25, 0.3) is 0 Å². The molecule has 0 aromatic heterocycles. The van der Waals surface area contributed by atoms with Gasteiger partial charge in [-0.3, -0.25) is 4.99 Å². The lowest BCUT2D eigenvalue weighted by Crippen LogP contribution is -2.33. The summed E-state index contributed by atoms with van der Waals surface area (Å²) >= 11 is 0. The largest absolute Gasteiger partial charge is 0.507 e. The van der Waals surface area contributed by atoms with Crippen LogP contribution < -0.4 is 5.30 Å². The van der Waals surface area contributed by atoms with Gasteiger partial charge >= 0.3 is 0 Å². The van der Waals surface area contributed by atoms with E-state index in [0.29, 0.717) is 5.75 Å². The summed E-state index contributed by atoms with van der Waals surface area (Å²) in [7, 11) is -0.706. The zero-order chi connectivity index (χ0) is 27.1. The van der Waals surface area contributed by atoms with Gasteiger partial charge in [0.15, 0.2) is 0 Å². The van der Waals surface area contributed by atoms with Crippen molar-refractivity contribution in [2.45, 2.75) is 58.8 Å². The number of benzene rings is 4. The van der Waals surface area contributed by atoms with E-state index in [0.717, 1.165) is 29.4 Å². The number of hydrogen-bond donors (Lipinski definition) is 1. The Hall–Kier alpha value is -3.22. The first-order chi connectivity index (χ1) is 18.1. The molecule has 0 amide bonds. The molecule has 0 bridgehead atoms. The van der Waals surface area contributed by atoms with Gasteiger partial charge in [-0.05, 0) is 74.2 Å². The monoisotopic (exact) mass is 519 g/mol. The molecular weight excluding hydrogens is 481 g/mol. The first-order valence-electron chi connectivity index (χ1n) is 13.5. The third-order valence-electron chi connectivity index (χ3n) is 7.84. The van der Waals surface area contributed by atoms with Crippen molar-refractivity contribution in [2.24, 2.45) is 4.99 Å². The number of rotatable bonds is 4. The van der Waals surface area contributed by atoms with Gasteiger partial charge in [-0.2, -0.15) is 0 Å². The lowest BCUT2D eigenvalue weighted by atomic mass is 9.71. The van der Waals surface area contributed by atoms with Crippen molar-refractivity contribution in [2.75, 3.05) is 6.16 Å². The molecule has 2 nitrogen and oxygen atoms in total. The van der Waals surface area contributed by atoms with Crippen molar-refractivity contribution in [3.8, 4) is 5.75 Å². The summed E-state index contributed by atoms with van der Waals surface area (Å²) in [5.41, 5.74) is 8.33. The predicted molar refractivity (Wildman–Crippen MR) is 164 cm³/mol. The van der Waals surface area contributed by atoms with E-state index in [9.17, 15) is 5.11 Å². The average Bonchev–Trinajstić information content (AvgIpc) is 3.26. The Labute approximate surface area is 229 Å². The van der Waals surface area contributed by atoms with Crippen LogP contribution in [0.1, 0.15) is 60.6 Å². The van der Waals surface area contributed by atoms with E-state index in [1.54, 1.807) is 0 Å². The summed E-state index contributed by atoms with van der Waals surface area (Å²) in [6.07, 6.45) is 1.93. The number of aryl methyl sites for hydroxylation is 3. The standard InChI is InChI=1S/C35H38NOP/c1-24-22-25(2)31(26(3)23-24)36-33-35(27-14-9-7-10-15-27,20-21-38(33)28-16-11-8-12-17-28)30-19-13-18-29(32(30)37)34(4,5)6/h7-19,22-23,37H,20-21H2,1-6H3. The van der Waals surface area contributed by atoms with Gasteiger partial charge in [0.1, 0.15) is 5.75 Å². The summed E-state index contributed by atoms with van der Waals surface area (Å²) in [5, 5.41) is 13.3. The molecule has 5 rings (SSSR count). The van der Waals surface area contributed by atoms with E-state index in [4.69, 9.17) is 4.99 Å². The van der Waals surface area contributed by atoms with E-state index in [2.05, 4.69) is 133 Å². The van der Waals surface area contributed by atoms with Crippen LogP contribution in [0.2, 0.25) is 0 Å². The van der Waals surface area contributed by atoms with E-state index in [-0.39, 0.29) is 5.41 Å². The first-order valence-corrected chi connectivity index (χ1v) is 15.0. The lowest BCUT2D eigenvalue weighted by Gasteiger charge is -2.35. The van der Waals surface area contributed by atoms with Crippen molar-refractivity contribution in [1.82, 2.24) is 0 Å². The highest BCUT2D eigenvalue weighted by Crippen LogP contribution is 2.60. The Bertz CT molecular complexity index is 1460. The second-order valence-corrected chi connectivity index (χ2v) is 13.9. The third-order valence-corrected chi connectivity index (χ3v) is 10.4. The van der Waals surface area contributed by atoms with Crippen LogP contribution in [0.4, 0.5) is 5.69 Å². The van der Waals surface area contributed by atoms with E-state index < -0.39 is 13.3 Å². The van der Waals surface area contributed by atoms with Crippen LogP contribution >= 0.6 is 7.92 Å². The van der Waals surface area contributed by atoms with Crippen LogP contribution in [0.5, 0.6) is 5.75 Å². The number of phenols is 1. The molecular formula is C35H38NOP. The van der Waals surface area contributed by atoms with E-state index >= 15 is 0 Å². The normalized spacial score (nSPS) is 20.7. The smallest absolute Gasteiger partial charge is 0.123 e. The number of aliphatic imine (C=N–C) groups is 1. The Balaban J connectivity index is 1.87. The van der Waals surface area contributed by atoms with E-state index in [1.165, 1.54) is 33.0 Å². The second kappa shape index (κ2) is 10.2. The summed E-state index contributed by atoms with van der Waals surface area (Å²) in [5.74, 6) is 0.402. The molecule has 4 aromatic rings. The number of hydrogen-bond acceptors (Lipinski definition) is 2. The number of para-hydroxylation sites is 1. The quantitative estimate of drug-likeness (QED) is 0.268. The molecule has 3 heteroatoms.